The van der Waals surface area contributed by atoms with Crippen molar-refractivity contribution in [3.63, 3.8) is 0 Å². The van der Waals surface area contributed by atoms with Gasteiger partial charge in [0.2, 0.25) is 5.91 Å². The first kappa shape index (κ1) is 46.5. The summed E-state index contributed by atoms with van der Waals surface area (Å²) in [5.74, 6) is -2.64. The van der Waals surface area contributed by atoms with Crippen molar-refractivity contribution in [3.05, 3.63) is 94.6 Å². The minimum atomic E-state index is -5.08. The normalized spacial score (nSPS) is 15.0. The standard InChI is InChI=1S/C32H37ClN4O3S.C2HF3O2.CHF3.CH2O2/c1-21(28-18-34-29-8-6-5-7-27(28)29)31(35-17-22-9-12-26(13-10-22)41(4,39)40)32(38)37-20-23(19-36(2)3)15-24-16-25(33)11-14-30(24)37;3-2(4,5)1(6)7;2-1(3)4;2-1-3/h5-14,16,18,21,23,31,34-35H,15,17,19-20H2,1-4H3;(H,6,7);1H;1H,(H,2,3)/t21?,23-,31?;;;/m1.../s1. The number of alkyl halides is 6. The van der Waals surface area contributed by atoms with E-state index in [2.05, 4.69) is 42.3 Å². The Morgan fingerprint density at radius 3 is 2.16 bits per heavy atom. The molecule has 19 heteroatoms. The lowest BCUT2D eigenvalue weighted by Gasteiger charge is -2.39. The number of halogens is 7. The lowest BCUT2D eigenvalue weighted by molar-refractivity contribution is -0.192. The summed E-state index contributed by atoms with van der Waals surface area (Å²) < 4.78 is 84.6. The Labute approximate surface area is 318 Å². The summed E-state index contributed by atoms with van der Waals surface area (Å²) in [5.41, 5.74) is 4.99. The van der Waals surface area contributed by atoms with Crippen molar-refractivity contribution < 1.29 is 59.4 Å². The number of carbonyl (C=O) groups is 3. The van der Waals surface area contributed by atoms with E-state index in [-0.39, 0.29) is 29.1 Å². The van der Waals surface area contributed by atoms with E-state index < -0.39 is 34.7 Å². The lowest BCUT2D eigenvalue weighted by atomic mass is 9.88. The van der Waals surface area contributed by atoms with Gasteiger partial charge in [0.25, 0.3) is 6.47 Å². The van der Waals surface area contributed by atoms with E-state index in [4.69, 9.17) is 31.4 Å². The average Bonchev–Trinajstić information content (AvgIpc) is 3.51. The van der Waals surface area contributed by atoms with Crippen LogP contribution in [0.4, 0.5) is 32.0 Å². The monoisotopic (exact) mass is 822 g/mol. The number of aromatic nitrogens is 1. The van der Waals surface area contributed by atoms with Crippen LogP contribution in [0.25, 0.3) is 10.9 Å². The Morgan fingerprint density at radius 1 is 1.07 bits per heavy atom. The highest BCUT2D eigenvalue weighted by atomic mass is 35.5. The molecule has 0 radical (unpaired) electrons. The second-order valence-corrected chi connectivity index (χ2v) is 15.0. The van der Waals surface area contributed by atoms with Gasteiger partial charge in [-0.25, -0.2) is 13.2 Å². The van der Waals surface area contributed by atoms with Gasteiger partial charge in [0.15, 0.2) is 9.84 Å². The highest BCUT2D eigenvalue weighted by Crippen LogP contribution is 2.35. The van der Waals surface area contributed by atoms with Crippen LogP contribution < -0.4 is 10.2 Å². The van der Waals surface area contributed by atoms with Gasteiger partial charge in [0, 0.05) is 59.6 Å². The molecule has 2 heterocycles. The van der Waals surface area contributed by atoms with E-state index in [0.29, 0.717) is 18.1 Å². The molecule has 3 aromatic carbocycles. The van der Waals surface area contributed by atoms with Crippen LogP contribution in [-0.4, -0.2) is 99.2 Å². The number of aliphatic carboxylic acids is 1. The Morgan fingerprint density at radius 2 is 1.64 bits per heavy atom. The summed E-state index contributed by atoms with van der Waals surface area (Å²) in [6, 6.07) is 20.2. The van der Waals surface area contributed by atoms with E-state index in [0.717, 1.165) is 46.2 Å². The van der Waals surface area contributed by atoms with Crippen LogP contribution in [0.2, 0.25) is 5.02 Å². The molecule has 4 N–H and O–H groups in total. The number of carboxylic acids is 1. The fourth-order valence-corrected chi connectivity index (χ4v) is 6.76. The first-order valence-electron chi connectivity index (χ1n) is 16.2. The number of sulfone groups is 1. The number of rotatable bonds is 9. The summed E-state index contributed by atoms with van der Waals surface area (Å²) in [7, 11) is 0.822. The predicted octanol–water partition coefficient (Wildman–Crippen LogP) is 6.77. The van der Waals surface area contributed by atoms with Gasteiger partial charge in [-0.05, 0) is 79.5 Å². The minimum absolute atomic E-state index is 0.00238. The van der Waals surface area contributed by atoms with Gasteiger partial charge in [-0.15, -0.1) is 0 Å². The van der Waals surface area contributed by atoms with Gasteiger partial charge in [0.05, 0.1) is 10.9 Å². The first-order valence-corrected chi connectivity index (χ1v) is 18.5. The molecule has 2 unspecified atom stereocenters. The number of hydrogen-bond acceptors (Lipinski definition) is 7. The van der Waals surface area contributed by atoms with E-state index in [1.54, 1.807) is 24.3 Å². The molecule has 1 amide bonds. The number of fused-ring (bicyclic) bond motifs is 2. The zero-order chi connectivity index (χ0) is 41.7. The number of nitrogens with zero attached hydrogens (tertiary/aromatic N) is 2. The third-order valence-corrected chi connectivity index (χ3v) is 9.53. The van der Waals surface area contributed by atoms with E-state index in [1.807, 2.05) is 47.5 Å². The predicted molar refractivity (Wildman–Crippen MR) is 196 cm³/mol. The number of carbonyl (C=O) groups excluding carboxylic acids is 1. The molecule has 11 nitrogen and oxygen atoms in total. The highest BCUT2D eigenvalue weighted by Gasteiger charge is 2.38. The van der Waals surface area contributed by atoms with Crippen LogP contribution in [0.1, 0.15) is 29.5 Å². The zero-order valence-corrected chi connectivity index (χ0v) is 31.6. The van der Waals surface area contributed by atoms with E-state index >= 15 is 0 Å². The molecule has 0 fully saturated rings. The quantitative estimate of drug-likeness (QED) is 0.106. The smallest absolute Gasteiger partial charge is 0.483 e. The number of carboxylic acid groups (broad SMARTS) is 2. The number of benzene rings is 3. The van der Waals surface area contributed by atoms with Crippen molar-refractivity contribution in [2.24, 2.45) is 5.92 Å². The number of nitrogens with one attached hydrogen (secondary N) is 2. The molecule has 0 saturated heterocycles. The van der Waals surface area contributed by atoms with Crippen molar-refractivity contribution in [1.29, 1.82) is 0 Å². The molecule has 3 atom stereocenters. The number of amides is 1. The van der Waals surface area contributed by atoms with E-state index in [9.17, 15) is 39.6 Å². The topological polar surface area (TPSA) is 160 Å². The van der Waals surface area contributed by atoms with Crippen LogP contribution in [0, 0.1) is 5.92 Å². The minimum Gasteiger partial charge on any atom is -0.483 e. The third-order valence-electron chi connectivity index (χ3n) is 8.17. The Hall–Kier alpha value is -4.65. The summed E-state index contributed by atoms with van der Waals surface area (Å²) >= 11 is 6.38. The van der Waals surface area contributed by atoms with Crippen molar-refractivity contribution >= 4 is 56.4 Å². The van der Waals surface area contributed by atoms with E-state index in [1.165, 1.54) is 6.26 Å². The number of aromatic amines is 1. The molecular weight excluding hydrogens is 782 g/mol. The average molecular weight is 823 g/mol. The first-order chi connectivity index (χ1) is 25.6. The van der Waals surface area contributed by atoms with Crippen LogP contribution in [0.3, 0.4) is 0 Å². The fraction of sp³-hybridized carbons (Fsp3) is 0.361. The molecular formula is C36H41ClF6N4O7S. The summed E-state index contributed by atoms with van der Waals surface area (Å²) in [6.07, 6.45) is -1.03. The molecule has 302 valence electrons. The summed E-state index contributed by atoms with van der Waals surface area (Å²) in [6.45, 7) is 0.0591. The summed E-state index contributed by atoms with van der Waals surface area (Å²) in [4.78, 5) is 39.6. The number of para-hydroxylation sites is 1. The van der Waals surface area contributed by atoms with Gasteiger partial charge in [0.1, 0.15) is 0 Å². The van der Waals surface area contributed by atoms with Crippen LogP contribution >= 0.6 is 11.6 Å². The SMILES string of the molecule is CC(c1c[nH]c2ccccc12)C(NCc1ccc(S(C)(=O)=O)cc1)C(=O)N1C[C@@H](CN(C)C)Cc2cc(Cl)ccc21.FC(F)F.O=C(O)C(F)(F)F.O=CO. The van der Waals surface area contributed by atoms with Crippen molar-refractivity contribution in [3.8, 4) is 0 Å². The summed E-state index contributed by atoms with van der Waals surface area (Å²) in [5, 5.41) is 19.3. The molecule has 0 spiro atoms. The van der Waals surface area contributed by atoms with Gasteiger partial charge >= 0.3 is 18.8 Å². The number of H-pyrrole nitrogens is 1. The molecule has 5 rings (SSSR count). The zero-order valence-electron chi connectivity index (χ0n) is 30.0. The van der Waals surface area contributed by atoms with Crippen molar-refractivity contribution in [2.75, 3.05) is 38.3 Å². The molecule has 55 heavy (non-hydrogen) atoms. The lowest BCUT2D eigenvalue weighted by Crippen LogP contribution is -2.52. The van der Waals surface area contributed by atoms with Gasteiger partial charge in [-0.2, -0.15) is 26.3 Å². The molecule has 1 aliphatic heterocycles. The van der Waals surface area contributed by atoms with Gasteiger partial charge in [-0.1, -0.05) is 48.9 Å². The Kier molecular flexibility index (Phi) is 17.6. The van der Waals surface area contributed by atoms with Crippen molar-refractivity contribution in [2.45, 2.75) is 49.6 Å². The second-order valence-electron chi connectivity index (χ2n) is 12.6. The van der Waals surface area contributed by atoms with Gasteiger partial charge < -0.3 is 30.3 Å². The van der Waals surface area contributed by atoms with Gasteiger partial charge in [-0.3, -0.25) is 9.59 Å². The van der Waals surface area contributed by atoms with Crippen LogP contribution in [-0.2, 0) is 37.2 Å². The highest BCUT2D eigenvalue weighted by molar-refractivity contribution is 7.90. The third kappa shape index (κ3) is 14.5. The molecule has 0 bridgehead atoms. The van der Waals surface area contributed by atoms with Crippen LogP contribution in [0.15, 0.2) is 77.8 Å². The Bertz CT molecular complexity index is 1980. The van der Waals surface area contributed by atoms with Crippen molar-refractivity contribution in [1.82, 2.24) is 15.2 Å². The molecule has 0 saturated carbocycles. The largest absolute Gasteiger partial charge is 0.490 e. The maximum atomic E-state index is 14.6. The fourth-order valence-electron chi connectivity index (χ4n) is 5.94. The number of hydrogen-bond donors (Lipinski definition) is 4. The number of anilines is 1. The van der Waals surface area contributed by atoms with Crippen LogP contribution in [0.5, 0.6) is 0 Å². The second kappa shape index (κ2) is 20.9. The molecule has 1 aliphatic rings. The molecule has 0 aliphatic carbocycles. The Balaban J connectivity index is 0.000000641. The molecule has 1 aromatic heterocycles. The maximum Gasteiger partial charge on any atom is 0.490 e. The maximum absolute atomic E-state index is 14.6. The molecule has 4 aromatic rings.